The molecular formula is C15H21ClN4. The molecule has 2 N–H and O–H groups in total. The van der Waals surface area contributed by atoms with E-state index >= 15 is 0 Å². The molecule has 2 heterocycles. The van der Waals surface area contributed by atoms with Crippen LogP contribution in [0.4, 0.5) is 5.69 Å². The molecule has 0 amide bonds. The molecule has 0 unspecified atom stereocenters. The number of rotatable bonds is 6. The fourth-order valence-electron chi connectivity index (χ4n) is 2.08. The van der Waals surface area contributed by atoms with Crippen molar-refractivity contribution in [2.24, 2.45) is 0 Å². The number of nitrogens with one attached hydrogen (secondary N) is 2. The second-order valence-corrected chi connectivity index (χ2v) is 5.35. The van der Waals surface area contributed by atoms with Gasteiger partial charge in [-0.3, -0.25) is 4.98 Å². The van der Waals surface area contributed by atoms with Crippen LogP contribution < -0.4 is 5.32 Å². The first-order valence-corrected chi connectivity index (χ1v) is 7.39. The van der Waals surface area contributed by atoms with Crippen LogP contribution in [-0.2, 0) is 13.0 Å². The van der Waals surface area contributed by atoms with E-state index in [4.69, 9.17) is 11.6 Å². The molecule has 4 nitrogen and oxygen atoms in total. The van der Waals surface area contributed by atoms with Gasteiger partial charge >= 0.3 is 0 Å². The number of halogens is 1. The Balaban J connectivity index is 2.01. The summed E-state index contributed by atoms with van der Waals surface area (Å²) in [6.07, 6.45) is 3.22. The van der Waals surface area contributed by atoms with Crippen LogP contribution in [0, 0.1) is 13.8 Å². The lowest BCUT2D eigenvalue weighted by atomic mass is 10.2. The number of H-pyrrole nitrogens is 1. The summed E-state index contributed by atoms with van der Waals surface area (Å²) in [5, 5.41) is 3.91. The molecular weight excluding hydrogens is 272 g/mol. The molecule has 2 aromatic rings. The number of anilines is 1. The van der Waals surface area contributed by atoms with Gasteiger partial charge in [-0.25, -0.2) is 4.98 Å². The van der Waals surface area contributed by atoms with E-state index in [0.29, 0.717) is 11.7 Å². The minimum absolute atomic E-state index is 0.557. The van der Waals surface area contributed by atoms with Gasteiger partial charge in [0.2, 0.25) is 0 Å². The van der Waals surface area contributed by atoms with Crippen LogP contribution in [0.3, 0.4) is 0 Å². The molecule has 0 aliphatic rings. The van der Waals surface area contributed by atoms with Crippen LogP contribution >= 0.6 is 11.6 Å². The van der Waals surface area contributed by atoms with Gasteiger partial charge in [0.05, 0.1) is 23.6 Å². The molecule has 0 saturated heterocycles. The highest BCUT2D eigenvalue weighted by atomic mass is 35.5. The van der Waals surface area contributed by atoms with E-state index in [-0.39, 0.29) is 0 Å². The lowest BCUT2D eigenvalue weighted by Gasteiger charge is -2.08. The Kier molecular flexibility index (Phi) is 5.01. The second kappa shape index (κ2) is 6.75. The number of aromatic amines is 1. The van der Waals surface area contributed by atoms with Gasteiger partial charge in [0, 0.05) is 12.1 Å². The zero-order valence-electron chi connectivity index (χ0n) is 12.3. The Bertz CT molecular complexity index is 577. The maximum Gasteiger partial charge on any atom is 0.152 e. The number of pyridine rings is 1. The van der Waals surface area contributed by atoms with E-state index in [1.807, 2.05) is 26.0 Å². The molecule has 0 aliphatic heterocycles. The Hall–Kier alpha value is -1.55. The topological polar surface area (TPSA) is 53.6 Å². The van der Waals surface area contributed by atoms with Crippen LogP contribution in [0.2, 0.25) is 5.15 Å². The minimum Gasteiger partial charge on any atom is -0.378 e. The lowest BCUT2D eigenvalue weighted by molar-refractivity contribution is 0.760. The van der Waals surface area contributed by atoms with E-state index in [9.17, 15) is 0 Å². The molecule has 0 saturated carbocycles. The molecule has 0 bridgehead atoms. The predicted molar refractivity (Wildman–Crippen MR) is 83.2 cm³/mol. The van der Waals surface area contributed by atoms with E-state index in [0.717, 1.165) is 47.9 Å². The molecule has 2 rings (SSSR count). The largest absolute Gasteiger partial charge is 0.378 e. The second-order valence-electron chi connectivity index (χ2n) is 5.00. The van der Waals surface area contributed by atoms with Gasteiger partial charge in [-0.2, -0.15) is 0 Å². The van der Waals surface area contributed by atoms with Crippen molar-refractivity contribution >= 4 is 17.3 Å². The first-order valence-electron chi connectivity index (χ1n) is 7.01. The number of nitrogens with zero attached hydrogens (tertiary/aromatic N) is 2. The summed E-state index contributed by atoms with van der Waals surface area (Å²) in [6, 6.07) is 4.04. The van der Waals surface area contributed by atoms with Crippen molar-refractivity contribution in [3.63, 3.8) is 0 Å². The van der Waals surface area contributed by atoms with Crippen molar-refractivity contribution in [1.82, 2.24) is 15.0 Å². The zero-order valence-corrected chi connectivity index (χ0v) is 13.0. The third-order valence-electron chi connectivity index (χ3n) is 3.23. The standard InChI is InChI=1S/C15H21ClN4/c1-4-5-6-14-19-13(15(16)20-14)9-17-12-8-7-10(2)18-11(12)3/h7-8,17H,4-6,9H2,1-3H3,(H,19,20). The summed E-state index contributed by atoms with van der Waals surface area (Å²) >= 11 is 6.16. The maximum absolute atomic E-state index is 6.16. The Morgan fingerprint density at radius 1 is 1.25 bits per heavy atom. The number of aryl methyl sites for hydroxylation is 3. The van der Waals surface area contributed by atoms with Crippen LogP contribution in [-0.4, -0.2) is 15.0 Å². The number of imidazole rings is 1. The molecule has 2 aromatic heterocycles. The van der Waals surface area contributed by atoms with Gasteiger partial charge in [0.1, 0.15) is 5.82 Å². The SMILES string of the molecule is CCCCc1nc(Cl)c(CNc2ccc(C)nc2C)[nH]1. The molecule has 0 aromatic carbocycles. The van der Waals surface area contributed by atoms with Crippen molar-refractivity contribution in [3.05, 3.63) is 40.2 Å². The van der Waals surface area contributed by atoms with Gasteiger partial charge in [-0.05, 0) is 32.4 Å². The third kappa shape index (κ3) is 3.73. The average molecular weight is 293 g/mol. The van der Waals surface area contributed by atoms with Gasteiger partial charge in [0.15, 0.2) is 5.15 Å². The van der Waals surface area contributed by atoms with Gasteiger partial charge in [-0.15, -0.1) is 0 Å². The molecule has 0 spiro atoms. The third-order valence-corrected chi connectivity index (χ3v) is 3.54. The number of hydrogen-bond acceptors (Lipinski definition) is 3. The van der Waals surface area contributed by atoms with Crippen LogP contribution in [0.1, 0.15) is 42.7 Å². The first-order chi connectivity index (χ1) is 9.60. The van der Waals surface area contributed by atoms with Crippen LogP contribution in [0.5, 0.6) is 0 Å². The smallest absolute Gasteiger partial charge is 0.152 e. The molecule has 0 radical (unpaired) electrons. The van der Waals surface area contributed by atoms with Gasteiger partial charge < -0.3 is 10.3 Å². The van der Waals surface area contributed by atoms with Crippen LogP contribution in [0.25, 0.3) is 0 Å². The van der Waals surface area contributed by atoms with Crippen molar-refractivity contribution in [1.29, 1.82) is 0 Å². The predicted octanol–water partition coefficient (Wildman–Crippen LogP) is 4.03. The van der Waals surface area contributed by atoms with Gasteiger partial charge in [0.25, 0.3) is 0 Å². The van der Waals surface area contributed by atoms with Crippen molar-refractivity contribution in [2.45, 2.75) is 46.6 Å². The summed E-state index contributed by atoms with van der Waals surface area (Å²) in [4.78, 5) is 12.1. The van der Waals surface area contributed by atoms with E-state index in [2.05, 4.69) is 27.2 Å². The minimum atomic E-state index is 0.557. The Morgan fingerprint density at radius 2 is 2.05 bits per heavy atom. The first kappa shape index (κ1) is 14.9. The molecule has 0 fully saturated rings. The van der Waals surface area contributed by atoms with Gasteiger partial charge in [-0.1, -0.05) is 24.9 Å². The number of hydrogen-bond donors (Lipinski definition) is 2. The normalized spacial score (nSPS) is 10.8. The fourth-order valence-corrected chi connectivity index (χ4v) is 2.29. The van der Waals surface area contributed by atoms with Crippen molar-refractivity contribution in [2.75, 3.05) is 5.32 Å². The summed E-state index contributed by atoms with van der Waals surface area (Å²) in [7, 11) is 0. The van der Waals surface area contributed by atoms with E-state index in [1.54, 1.807) is 0 Å². The molecule has 108 valence electrons. The quantitative estimate of drug-likeness (QED) is 0.845. The average Bonchev–Trinajstić information content (AvgIpc) is 2.76. The maximum atomic E-state index is 6.16. The van der Waals surface area contributed by atoms with E-state index in [1.165, 1.54) is 0 Å². The van der Waals surface area contributed by atoms with Crippen molar-refractivity contribution < 1.29 is 0 Å². The summed E-state index contributed by atoms with van der Waals surface area (Å²) in [5.41, 5.74) is 3.97. The molecule has 0 atom stereocenters. The molecule has 5 heteroatoms. The zero-order chi connectivity index (χ0) is 14.5. The Labute approximate surface area is 125 Å². The summed E-state index contributed by atoms with van der Waals surface area (Å²) < 4.78 is 0. The highest BCUT2D eigenvalue weighted by Crippen LogP contribution is 2.18. The number of unbranched alkanes of at least 4 members (excludes halogenated alkanes) is 1. The monoisotopic (exact) mass is 292 g/mol. The van der Waals surface area contributed by atoms with E-state index < -0.39 is 0 Å². The number of aromatic nitrogens is 3. The highest BCUT2D eigenvalue weighted by molar-refractivity contribution is 6.30. The molecule has 0 aliphatic carbocycles. The molecule has 20 heavy (non-hydrogen) atoms. The summed E-state index contributed by atoms with van der Waals surface area (Å²) in [6.45, 7) is 6.78. The lowest BCUT2D eigenvalue weighted by Crippen LogP contribution is -2.03. The fraction of sp³-hybridized carbons (Fsp3) is 0.467. The van der Waals surface area contributed by atoms with Crippen molar-refractivity contribution in [3.8, 4) is 0 Å². The highest BCUT2D eigenvalue weighted by Gasteiger charge is 2.08. The summed E-state index contributed by atoms with van der Waals surface area (Å²) in [5.74, 6) is 0.965. The van der Waals surface area contributed by atoms with Crippen LogP contribution in [0.15, 0.2) is 12.1 Å². The Morgan fingerprint density at radius 3 is 2.75 bits per heavy atom.